The van der Waals surface area contributed by atoms with E-state index < -0.39 is 29.1 Å². The second-order valence-electron chi connectivity index (χ2n) is 4.11. The lowest BCUT2D eigenvalue weighted by Crippen LogP contribution is -2.25. The number of carbonyl (C=O) groups excluding carboxylic acids is 1. The molecule has 0 saturated heterocycles. The summed E-state index contributed by atoms with van der Waals surface area (Å²) in [6, 6.07) is 3.12. The normalized spacial score (nSPS) is 10.4. The predicted octanol–water partition coefficient (Wildman–Crippen LogP) is 2.36. The third-order valence-corrected chi connectivity index (χ3v) is 3.77. The smallest absolute Gasteiger partial charge is 0.347 e. The summed E-state index contributed by atoms with van der Waals surface area (Å²) in [5.41, 5.74) is -0.349. The number of aryl methyl sites for hydroxylation is 1. The Morgan fingerprint density at radius 1 is 1.33 bits per heavy atom. The number of carbonyl (C=O) groups is 2. The van der Waals surface area contributed by atoms with E-state index in [1.165, 1.54) is 6.92 Å². The fourth-order valence-corrected chi connectivity index (χ4v) is 2.53. The van der Waals surface area contributed by atoms with E-state index in [0.717, 1.165) is 29.5 Å². The van der Waals surface area contributed by atoms with Crippen molar-refractivity contribution in [2.24, 2.45) is 0 Å². The number of aromatic nitrogens is 1. The Morgan fingerprint density at radius 3 is 2.48 bits per heavy atom. The number of carboxylic acids is 1. The maximum absolute atomic E-state index is 13.4. The van der Waals surface area contributed by atoms with E-state index in [1.54, 1.807) is 0 Å². The number of halogens is 2. The van der Waals surface area contributed by atoms with Crippen LogP contribution in [0, 0.1) is 18.6 Å². The third-order valence-electron chi connectivity index (χ3n) is 2.63. The highest BCUT2D eigenvalue weighted by Gasteiger charge is 2.18. The molecule has 0 aliphatic heterocycles. The van der Waals surface area contributed by atoms with Gasteiger partial charge < -0.3 is 10.4 Å². The molecule has 1 aromatic heterocycles. The highest BCUT2D eigenvalue weighted by atomic mass is 32.1. The molecule has 0 fully saturated rings. The Morgan fingerprint density at radius 2 is 1.95 bits per heavy atom. The molecule has 5 nitrogen and oxygen atoms in total. The Bertz CT molecular complexity index is 695. The van der Waals surface area contributed by atoms with Crippen molar-refractivity contribution in [1.82, 2.24) is 10.3 Å². The molecule has 8 heteroatoms. The first-order valence-corrected chi connectivity index (χ1v) is 6.63. The van der Waals surface area contributed by atoms with Crippen molar-refractivity contribution in [3.05, 3.63) is 51.0 Å². The van der Waals surface area contributed by atoms with Gasteiger partial charge in [0.15, 0.2) is 0 Å². The molecule has 0 saturated carbocycles. The molecule has 1 amide bonds. The van der Waals surface area contributed by atoms with Gasteiger partial charge in [0, 0.05) is 0 Å². The number of aromatic carboxylic acids is 1. The molecule has 110 valence electrons. The van der Waals surface area contributed by atoms with Gasteiger partial charge >= 0.3 is 5.97 Å². The SMILES string of the molecule is Cc1nc(CNC(=O)c2c(F)cccc2F)sc1C(=O)O. The van der Waals surface area contributed by atoms with Crippen LogP contribution < -0.4 is 5.32 Å². The highest BCUT2D eigenvalue weighted by molar-refractivity contribution is 7.13. The van der Waals surface area contributed by atoms with E-state index in [2.05, 4.69) is 10.3 Å². The number of benzene rings is 1. The van der Waals surface area contributed by atoms with E-state index >= 15 is 0 Å². The third kappa shape index (κ3) is 3.22. The summed E-state index contributed by atoms with van der Waals surface area (Å²) >= 11 is 0.900. The van der Waals surface area contributed by atoms with Crippen LogP contribution >= 0.6 is 11.3 Å². The van der Waals surface area contributed by atoms with Crippen LogP contribution in [0.5, 0.6) is 0 Å². The lowest BCUT2D eigenvalue weighted by atomic mass is 10.2. The summed E-state index contributed by atoms with van der Waals surface area (Å²) in [6.07, 6.45) is 0. The van der Waals surface area contributed by atoms with Crippen molar-refractivity contribution in [2.45, 2.75) is 13.5 Å². The molecule has 1 heterocycles. The summed E-state index contributed by atoms with van der Waals surface area (Å²) in [5.74, 6) is -3.96. The average molecular weight is 312 g/mol. The number of nitrogens with zero attached hydrogens (tertiary/aromatic N) is 1. The second-order valence-corrected chi connectivity index (χ2v) is 5.19. The van der Waals surface area contributed by atoms with Crippen LogP contribution in [-0.2, 0) is 6.54 Å². The first kappa shape index (κ1) is 15.0. The molecule has 2 aromatic rings. The van der Waals surface area contributed by atoms with E-state index in [1.807, 2.05) is 0 Å². The van der Waals surface area contributed by atoms with Gasteiger partial charge in [0.1, 0.15) is 27.1 Å². The Kier molecular flexibility index (Phi) is 4.27. The maximum atomic E-state index is 13.4. The van der Waals surface area contributed by atoms with Crippen LogP contribution in [0.25, 0.3) is 0 Å². The van der Waals surface area contributed by atoms with Gasteiger partial charge in [-0.1, -0.05) is 6.07 Å². The molecule has 1 aromatic carbocycles. The van der Waals surface area contributed by atoms with Gasteiger partial charge in [-0.05, 0) is 19.1 Å². The lowest BCUT2D eigenvalue weighted by molar-refractivity contribution is 0.0700. The van der Waals surface area contributed by atoms with Gasteiger partial charge in [-0.2, -0.15) is 0 Å². The predicted molar refractivity (Wildman–Crippen MR) is 71.3 cm³/mol. The number of nitrogens with one attached hydrogen (secondary N) is 1. The van der Waals surface area contributed by atoms with Crippen LogP contribution in [0.1, 0.15) is 30.7 Å². The van der Waals surface area contributed by atoms with Gasteiger partial charge in [-0.15, -0.1) is 11.3 Å². The topological polar surface area (TPSA) is 79.3 Å². The number of thiazole rings is 1. The number of rotatable bonds is 4. The Balaban J connectivity index is 2.11. The van der Waals surface area contributed by atoms with Crippen LogP contribution in [0.15, 0.2) is 18.2 Å². The number of amides is 1. The van der Waals surface area contributed by atoms with Crippen molar-refractivity contribution in [3.8, 4) is 0 Å². The van der Waals surface area contributed by atoms with Gasteiger partial charge in [-0.3, -0.25) is 4.79 Å². The lowest BCUT2D eigenvalue weighted by Gasteiger charge is -2.05. The molecule has 0 atom stereocenters. The number of carboxylic acid groups (broad SMARTS) is 1. The van der Waals surface area contributed by atoms with E-state index in [0.29, 0.717) is 10.7 Å². The van der Waals surface area contributed by atoms with Crippen molar-refractivity contribution >= 4 is 23.2 Å². The molecule has 0 aliphatic rings. The maximum Gasteiger partial charge on any atom is 0.347 e. The zero-order valence-corrected chi connectivity index (χ0v) is 11.6. The first-order chi connectivity index (χ1) is 9.90. The summed E-state index contributed by atoms with van der Waals surface area (Å²) in [6.45, 7) is 1.42. The summed E-state index contributed by atoms with van der Waals surface area (Å²) in [7, 11) is 0. The van der Waals surface area contributed by atoms with Crippen molar-refractivity contribution in [3.63, 3.8) is 0 Å². The van der Waals surface area contributed by atoms with Crippen LogP contribution in [0.4, 0.5) is 8.78 Å². The molecule has 2 rings (SSSR count). The second kappa shape index (κ2) is 5.96. The monoisotopic (exact) mass is 312 g/mol. The summed E-state index contributed by atoms with van der Waals surface area (Å²) < 4.78 is 26.8. The van der Waals surface area contributed by atoms with Crippen molar-refractivity contribution in [1.29, 1.82) is 0 Å². The average Bonchev–Trinajstić information content (AvgIpc) is 2.77. The number of hydrogen-bond donors (Lipinski definition) is 2. The minimum absolute atomic E-state index is 0.0660. The van der Waals surface area contributed by atoms with Gasteiger partial charge in [0.05, 0.1) is 12.2 Å². The standard InChI is InChI=1S/C13H10F2N2O3S/c1-6-11(13(19)20)21-9(17-6)5-16-12(18)10-7(14)3-2-4-8(10)15/h2-4H,5H2,1H3,(H,16,18)(H,19,20). The molecular weight excluding hydrogens is 302 g/mol. The molecule has 0 unspecified atom stereocenters. The fourth-order valence-electron chi connectivity index (χ4n) is 1.69. The fraction of sp³-hybridized carbons (Fsp3) is 0.154. The van der Waals surface area contributed by atoms with E-state index in [9.17, 15) is 18.4 Å². The number of hydrogen-bond acceptors (Lipinski definition) is 4. The van der Waals surface area contributed by atoms with E-state index in [4.69, 9.17) is 5.11 Å². The molecule has 21 heavy (non-hydrogen) atoms. The Labute approximate surface area is 122 Å². The molecule has 2 N–H and O–H groups in total. The Hall–Kier alpha value is -2.35. The summed E-state index contributed by atoms with van der Waals surface area (Å²) in [5, 5.41) is 11.5. The van der Waals surface area contributed by atoms with Crippen LogP contribution in [0.3, 0.4) is 0 Å². The van der Waals surface area contributed by atoms with Gasteiger partial charge in [-0.25, -0.2) is 18.6 Å². The molecule has 0 bridgehead atoms. The molecular formula is C13H10F2N2O3S. The largest absolute Gasteiger partial charge is 0.477 e. The molecule has 0 radical (unpaired) electrons. The summed E-state index contributed by atoms with van der Waals surface area (Å²) in [4.78, 5) is 26.7. The van der Waals surface area contributed by atoms with Gasteiger partial charge in [0.2, 0.25) is 0 Å². The zero-order chi connectivity index (χ0) is 15.6. The minimum atomic E-state index is -1.11. The minimum Gasteiger partial charge on any atom is -0.477 e. The highest BCUT2D eigenvalue weighted by Crippen LogP contribution is 2.18. The zero-order valence-electron chi connectivity index (χ0n) is 10.8. The first-order valence-electron chi connectivity index (χ1n) is 5.82. The van der Waals surface area contributed by atoms with Crippen molar-refractivity contribution in [2.75, 3.05) is 0 Å². The van der Waals surface area contributed by atoms with E-state index in [-0.39, 0.29) is 11.4 Å². The van der Waals surface area contributed by atoms with Crippen LogP contribution in [0.2, 0.25) is 0 Å². The molecule has 0 aliphatic carbocycles. The van der Waals surface area contributed by atoms with Gasteiger partial charge in [0.25, 0.3) is 5.91 Å². The van der Waals surface area contributed by atoms with Crippen LogP contribution in [-0.4, -0.2) is 22.0 Å². The quantitative estimate of drug-likeness (QED) is 0.908. The van der Waals surface area contributed by atoms with Crippen molar-refractivity contribution < 1.29 is 23.5 Å². The molecule has 0 spiro atoms.